The van der Waals surface area contributed by atoms with Crippen molar-refractivity contribution in [3.8, 4) is 6.07 Å². The Morgan fingerprint density at radius 2 is 2.07 bits per heavy atom. The molecule has 2 rings (SSSR count). The molecule has 0 amide bonds. The van der Waals surface area contributed by atoms with Gasteiger partial charge in [-0.05, 0) is 12.8 Å². The smallest absolute Gasteiger partial charge is 0.161 e. The number of nitriles is 1. The second-order valence-corrected chi connectivity index (χ2v) is 3.56. The molecule has 0 saturated carbocycles. The summed E-state index contributed by atoms with van der Waals surface area (Å²) in [6.07, 6.45) is 6.80. The van der Waals surface area contributed by atoms with Gasteiger partial charge >= 0.3 is 0 Å². The van der Waals surface area contributed by atoms with E-state index in [0.717, 1.165) is 13.1 Å². The zero-order chi connectivity index (χ0) is 10.5. The molecule has 1 aromatic heterocycles. The fourth-order valence-corrected chi connectivity index (χ4v) is 1.64. The van der Waals surface area contributed by atoms with Crippen LogP contribution in [-0.4, -0.2) is 28.1 Å². The Balaban J connectivity index is 2.00. The monoisotopic (exact) mass is 203 g/mol. The molecule has 0 radical (unpaired) electrons. The SMILES string of the molecule is N#Cc1cncc(NN2CCCCC2)n1. The average Bonchev–Trinajstić information content (AvgIpc) is 2.31. The Morgan fingerprint density at radius 3 is 2.80 bits per heavy atom. The Labute approximate surface area is 88.7 Å². The largest absolute Gasteiger partial charge is 0.302 e. The van der Waals surface area contributed by atoms with Crippen LogP contribution in [0.5, 0.6) is 0 Å². The molecule has 1 aliphatic heterocycles. The van der Waals surface area contributed by atoms with Crippen molar-refractivity contribution in [3.05, 3.63) is 18.1 Å². The van der Waals surface area contributed by atoms with Crippen LogP contribution in [0.4, 0.5) is 5.82 Å². The van der Waals surface area contributed by atoms with E-state index in [2.05, 4.69) is 20.4 Å². The van der Waals surface area contributed by atoms with Crippen molar-refractivity contribution in [1.29, 1.82) is 5.26 Å². The van der Waals surface area contributed by atoms with Gasteiger partial charge in [0.25, 0.3) is 0 Å². The maximum atomic E-state index is 8.67. The van der Waals surface area contributed by atoms with Crippen LogP contribution < -0.4 is 5.43 Å². The van der Waals surface area contributed by atoms with Gasteiger partial charge in [-0.25, -0.2) is 9.99 Å². The normalized spacial score (nSPS) is 17.0. The Hall–Kier alpha value is -1.67. The summed E-state index contributed by atoms with van der Waals surface area (Å²) >= 11 is 0. The third-order valence-corrected chi connectivity index (χ3v) is 2.38. The first-order chi connectivity index (χ1) is 7.38. The third-order valence-electron chi connectivity index (χ3n) is 2.38. The maximum Gasteiger partial charge on any atom is 0.161 e. The molecule has 0 unspecified atom stereocenters. The van der Waals surface area contributed by atoms with E-state index in [-0.39, 0.29) is 0 Å². The molecule has 1 saturated heterocycles. The highest BCUT2D eigenvalue weighted by Crippen LogP contribution is 2.10. The van der Waals surface area contributed by atoms with Crippen molar-refractivity contribution in [2.24, 2.45) is 0 Å². The number of anilines is 1. The number of piperidine rings is 1. The van der Waals surface area contributed by atoms with Crippen LogP contribution in [0.15, 0.2) is 12.4 Å². The molecule has 1 fully saturated rings. The van der Waals surface area contributed by atoms with Crippen molar-refractivity contribution in [2.75, 3.05) is 18.5 Å². The zero-order valence-corrected chi connectivity index (χ0v) is 8.48. The lowest BCUT2D eigenvalue weighted by atomic mass is 10.2. The van der Waals surface area contributed by atoms with E-state index in [1.54, 1.807) is 6.20 Å². The molecule has 0 aromatic carbocycles. The molecule has 78 valence electrons. The molecule has 1 aliphatic rings. The minimum Gasteiger partial charge on any atom is -0.302 e. The van der Waals surface area contributed by atoms with Crippen LogP contribution in [0.1, 0.15) is 25.0 Å². The highest BCUT2D eigenvalue weighted by molar-refractivity contribution is 5.33. The highest BCUT2D eigenvalue weighted by Gasteiger charge is 2.10. The van der Waals surface area contributed by atoms with Gasteiger partial charge in [-0.15, -0.1) is 0 Å². The van der Waals surface area contributed by atoms with Crippen molar-refractivity contribution in [1.82, 2.24) is 15.0 Å². The summed E-state index contributed by atoms with van der Waals surface area (Å²) in [5.74, 6) is 0.649. The first kappa shape index (κ1) is 9.87. The average molecular weight is 203 g/mol. The van der Waals surface area contributed by atoms with E-state index in [0.29, 0.717) is 11.5 Å². The fraction of sp³-hybridized carbons (Fsp3) is 0.500. The van der Waals surface area contributed by atoms with E-state index in [4.69, 9.17) is 5.26 Å². The van der Waals surface area contributed by atoms with Gasteiger partial charge in [0.2, 0.25) is 0 Å². The predicted molar refractivity (Wildman–Crippen MR) is 55.8 cm³/mol. The van der Waals surface area contributed by atoms with Gasteiger partial charge in [0.1, 0.15) is 6.07 Å². The molecule has 0 bridgehead atoms. The summed E-state index contributed by atoms with van der Waals surface area (Å²) in [5, 5.41) is 10.8. The second-order valence-electron chi connectivity index (χ2n) is 3.56. The van der Waals surface area contributed by atoms with Crippen molar-refractivity contribution in [3.63, 3.8) is 0 Å². The van der Waals surface area contributed by atoms with Gasteiger partial charge in [0, 0.05) is 13.1 Å². The predicted octanol–water partition coefficient (Wildman–Crippen LogP) is 1.16. The van der Waals surface area contributed by atoms with Crippen molar-refractivity contribution < 1.29 is 0 Å². The molecule has 5 heteroatoms. The maximum absolute atomic E-state index is 8.67. The molecule has 15 heavy (non-hydrogen) atoms. The van der Waals surface area contributed by atoms with E-state index >= 15 is 0 Å². The van der Waals surface area contributed by atoms with Gasteiger partial charge in [-0.1, -0.05) is 6.42 Å². The molecular formula is C10H13N5. The van der Waals surface area contributed by atoms with Gasteiger partial charge in [-0.2, -0.15) is 5.26 Å². The molecule has 0 atom stereocenters. The molecule has 0 spiro atoms. The van der Waals surface area contributed by atoms with Crippen molar-refractivity contribution >= 4 is 5.82 Å². The van der Waals surface area contributed by atoms with Crippen LogP contribution >= 0.6 is 0 Å². The van der Waals surface area contributed by atoms with Crippen LogP contribution in [0.3, 0.4) is 0 Å². The summed E-state index contributed by atoms with van der Waals surface area (Å²) in [6, 6.07) is 1.97. The number of rotatable bonds is 2. The van der Waals surface area contributed by atoms with E-state index < -0.39 is 0 Å². The van der Waals surface area contributed by atoms with Crippen LogP contribution in [0, 0.1) is 11.3 Å². The number of nitrogens with zero attached hydrogens (tertiary/aromatic N) is 4. The topological polar surface area (TPSA) is 64.8 Å². The standard InChI is InChI=1S/C10H13N5/c11-6-9-7-12-8-10(13-9)14-15-4-2-1-3-5-15/h7-8H,1-5H2,(H,13,14). The van der Waals surface area contributed by atoms with Gasteiger partial charge in [-0.3, -0.25) is 4.98 Å². The minimum absolute atomic E-state index is 0.344. The van der Waals surface area contributed by atoms with Gasteiger partial charge in [0.05, 0.1) is 12.4 Å². The Morgan fingerprint density at radius 1 is 1.27 bits per heavy atom. The van der Waals surface area contributed by atoms with E-state index in [1.165, 1.54) is 25.5 Å². The highest BCUT2D eigenvalue weighted by atomic mass is 15.5. The first-order valence-corrected chi connectivity index (χ1v) is 5.12. The third kappa shape index (κ3) is 2.64. The molecule has 1 aromatic rings. The molecule has 2 heterocycles. The lowest BCUT2D eigenvalue weighted by molar-refractivity contribution is 0.272. The second kappa shape index (κ2) is 4.71. The Bertz CT molecular complexity index is 364. The number of nitrogens with one attached hydrogen (secondary N) is 1. The molecular weight excluding hydrogens is 190 g/mol. The zero-order valence-electron chi connectivity index (χ0n) is 8.48. The number of aromatic nitrogens is 2. The van der Waals surface area contributed by atoms with Gasteiger partial charge < -0.3 is 5.43 Å². The lowest BCUT2D eigenvalue weighted by Crippen LogP contribution is -2.35. The molecule has 1 N–H and O–H groups in total. The molecule has 0 aliphatic carbocycles. The minimum atomic E-state index is 0.344. The summed E-state index contributed by atoms with van der Waals surface area (Å²) in [6.45, 7) is 2.05. The van der Waals surface area contributed by atoms with Crippen LogP contribution in [0.2, 0.25) is 0 Å². The summed E-state index contributed by atoms with van der Waals surface area (Å²) in [4.78, 5) is 8.06. The summed E-state index contributed by atoms with van der Waals surface area (Å²) < 4.78 is 0. The lowest BCUT2D eigenvalue weighted by Gasteiger charge is -2.27. The number of hydrazine groups is 1. The summed E-state index contributed by atoms with van der Waals surface area (Å²) in [7, 11) is 0. The number of hydrogen-bond acceptors (Lipinski definition) is 5. The van der Waals surface area contributed by atoms with Crippen LogP contribution in [-0.2, 0) is 0 Å². The van der Waals surface area contributed by atoms with E-state index in [1.807, 2.05) is 6.07 Å². The van der Waals surface area contributed by atoms with E-state index in [9.17, 15) is 0 Å². The van der Waals surface area contributed by atoms with Crippen molar-refractivity contribution in [2.45, 2.75) is 19.3 Å². The Kier molecular flexibility index (Phi) is 3.10. The molecule has 5 nitrogen and oxygen atoms in total. The van der Waals surface area contributed by atoms with Crippen LogP contribution in [0.25, 0.3) is 0 Å². The first-order valence-electron chi connectivity index (χ1n) is 5.12. The quantitative estimate of drug-likeness (QED) is 0.781. The van der Waals surface area contributed by atoms with Gasteiger partial charge in [0.15, 0.2) is 11.5 Å². The number of hydrogen-bond donors (Lipinski definition) is 1. The fourth-order valence-electron chi connectivity index (χ4n) is 1.64. The summed E-state index contributed by atoms with van der Waals surface area (Å²) in [5.41, 5.74) is 3.51.